The lowest BCUT2D eigenvalue weighted by atomic mass is 9.99. The zero-order chi connectivity index (χ0) is 57.3. The maximum Gasteiger partial charge on any atom is 0.160 e. The van der Waals surface area contributed by atoms with Crippen LogP contribution in [-0.4, -0.2) is 23.7 Å². The molecule has 0 amide bonds. The quantitative estimate of drug-likeness (QED) is 0.166. The third-order valence-corrected chi connectivity index (χ3v) is 18.5. The third kappa shape index (κ3) is 6.62. The van der Waals surface area contributed by atoms with Gasteiger partial charge in [0, 0.05) is 82.1 Å². The Morgan fingerprint density at radius 2 is 0.591 bits per heavy atom. The standard InChI is InChI=1S/C80H45N5O3/c1-7-19-64-59(16-1)73-67(42-38-56-53-13-4-10-22-70(53)86-77(56)73)83(64)50-32-25-46(26-33-50)49-31-41-63-62(45-49)76(47-27-34-51(35-28-47)84-65-20-8-2-17-60(65)74-68(84)43-39-57-54-14-5-11-23-71(54)87-78(57)74)82-80(81-63)48-29-36-52(37-30-48)85-66-21-9-3-18-61(66)75-69(85)44-40-58-55-15-6-12-24-72(55)88-79(58)75/h1-45H. The van der Waals surface area contributed by atoms with E-state index in [0.29, 0.717) is 5.82 Å². The Balaban J connectivity index is 0.725. The van der Waals surface area contributed by atoms with Gasteiger partial charge in [-0.15, -0.1) is 0 Å². The molecule has 0 fully saturated rings. The molecule has 13 aromatic carbocycles. The van der Waals surface area contributed by atoms with Crippen molar-refractivity contribution in [1.82, 2.24) is 23.7 Å². The van der Waals surface area contributed by atoms with Gasteiger partial charge in [0.15, 0.2) is 5.82 Å². The highest BCUT2D eigenvalue weighted by Gasteiger charge is 2.23. The Labute approximate surface area is 500 Å². The molecule has 8 nitrogen and oxygen atoms in total. The summed E-state index contributed by atoms with van der Waals surface area (Å²) >= 11 is 0. The highest BCUT2D eigenvalue weighted by molar-refractivity contribution is 6.26. The van der Waals surface area contributed by atoms with E-state index in [-0.39, 0.29) is 0 Å². The van der Waals surface area contributed by atoms with Crippen molar-refractivity contribution in [2.45, 2.75) is 0 Å². The van der Waals surface area contributed by atoms with Crippen LogP contribution in [0.4, 0.5) is 0 Å². The van der Waals surface area contributed by atoms with E-state index in [2.05, 4.69) is 262 Å². The Morgan fingerprint density at radius 1 is 0.239 bits per heavy atom. The minimum absolute atomic E-state index is 0.643. The molecule has 0 saturated carbocycles. The van der Waals surface area contributed by atoms with Gasteiger partial charge in [-0.2, -0.15) is 0 Å². The van der Waals surface area contributed by atoms with Gasteiger partial charge in [-0.05, 0) is 145 Å². The average molecular weight is 1120 g/mol. The first kappa shape index (κ1) is 47.4. The molecule has 0 N–H and O–H groups in total. The van der Waals surface area contributed by atoms with Gasteiger partial charge in [0.05, 0.1) is 60.5 Å². The second-order valence-electron chi connectivity index (χ2n) is 23.1. The van der Waals surface area contributed by atoms with Crippen molar-refractivity contribution in [2.24, 2.45) is 0 Å². The number of nitrogens with zero attached hydrogens (tertiary/aromatic N) is 5. The van der Waals surface area contributed by atoms with E-state index >= 15 is 0 Å². The predicted molar refractivity (Wildman–Crippen MR) is 361 cm³/mol. The van der Waals surface area contributed by atoms with Crippen LogP contribution in [0.2, 0.25) is 0 Å². The van der Waals surface area contributed by atoms with Crippen LogP contribution >= 0.6 is 0 Å². The normalized spacial score (nSPS) is 12.3. The van der Waals surface area contributed by atoms with E-state index in [1.54, 1.807) is 0 Å². The number of hydrogen-bond acceptors (Lipinski definition) is 5. The molecule has 0 atom stereocenters. The zero-order valence-corrected chi connectivity index (χ0v) is 46.9. The van der Waals surface area contributed by atoms with Crippen LogP contribution in [0.1, 0.15) is 0 Å². The van der Waals surface area contributed by atoms with Crippen LogP contribution in [0.25, 0.3) is 193 Å². The maximum absolute atomic E-state index is 6.65. The minimum atomic E-state index is 0.643. The van der Waals surface area contributed by atoms with Crippen molar-refractivity contribution in [2.75, 3.05) is 0 Å². The second kappa shape index (κ2) is 17.8. The molecular weight excluding hydrogens is 1080 g/mol. The van der Waals surface area contributed by atoms with Gasteiger partial charge < -0.3 is 27.0 Å². The summed E-state index contributed by atoms with van der Waals surface area (Å²) in [6, 6.07) is 97.0. The molecule has 0 aliphatic rings. The molecule has 20 rings (SSSR count). The number of hydrogen-bond donors (Lipinski definition) is 0. The van der Waals surface area contributed by atoms with Crippen LogP contribution in [0.5, 0.6) is 0 Å². The Morgan fingerprint density at radius 3 is 1.01 bits per heavy atom. The summed E-state index contributed by atoms with van der Waals surface area (Å²) in [4.78, 5) is 10.9. The van der Waals surface area contributed by atoms with Crippen molar-refractivity contribution >= 4 is 142 Å². The molecule has 408 valence electrons. The number of aromatic nitrogens is 5. The Kier molecular flexibility index (Phi) is 9.57. The Bertz CT molecular complexity index is 6350. The van der Waals surface area contributed by atoms with E-state index < -0.39 is 0 Å². The van der Waals surface area contributed by atoms with Crippen molar-refractivity contribution in [3.63, 3.8) is 0 Å². The molecule has 20 aromatic rings. The van der Waals surface area contributed by atoms with Gasteiger partial charge in [-0.25, -0.2) is 9.97 Å². The molecule has 7 aromatic heterocycles. The van der Waals surface area contributed by atoms with Crippen molar-refractivity contribution in [3.05, 3.63) is 273 Å². The fourth-order valence-electron chi connectivity index (χ4n) is 14.5. The molecule has 88 heavy (non-hydrogen) atoms. The molecule has 7 heterocycles. The van der Waals surface area contributed by atoms with Gasteiger partial charge in [0.2, 0.25) is 0 Å². The summed E-state index contributed by atoms with van der Waals surface area (Å²) in [5, 5.41) is 14.4. The lowest BCUT2D eigenvalue weighted by molar-refractivity contribution is 0.672. The van der Waals surface area contributed by atoms with Crippen LogP contribution in [0, 0.1) is 0 Å². The van der Waals surface area contributed by atoms with Gasteiger partial charge >= 0.3 is 0 Å². The van der Waals surface area contributed by atoms with Crippen LogP contribution < -0.4 is 0 Å². The number of para-hydroxylation sites is 6. The largest absolute Gasteiger partial charge is 0.455 e. The lowest BCUT2D eigenvalue weighted by Gasteiger charge is -2.14. The van der Waals surface area contributed by atoms with Crippen molar-refractivity contribution < 1.29 is 13.3 Å². The van der Waals surface area contributed by atoms with Crippen molar-refractivity contribution in [1.29, 1.82) is 0 Å². The van der Waals surface area contributed by atoms with E-state index in [9.17, 15) is 0 Å². The fraction of sp³-hybridized carbons (Fsp3) is 0. The molecule has 0 saturated heterocycles. The smallest absolute Gasteiger partial charge is 0.160 e. The minimum Gasteiger partial charge on any atom is -0.455 e. The first-order valence-corrected chi connectivity index (χ1v) is 29.8. The molecule has 0 spiro atoms. The summed E-state index contributed by atoms with van der Waals surface area (Å²) in [5.41, 5.74) is 20.9. The molecule has 0 radical (unpaired) electrons. The van der Waals surface area contributed by atoms with E-state index in [4.69, 9.17) is 23.2 Å². The Hall–Kier alpha value is -12.0. The van der Waals surface area contributed by atoms with Crippen LogP contribution in [0.3, 0.4) is 0 Å². The summed E-state index contributed by atoms with van der Waals surface area (Å²) < 4.78 is 26.9. The molecule has 0 bridgehead atoms. The maximum atomic E-state index is 6.65. The number of rotatable bonds is 6. The third-order valence-electron chi connectivity index (χ3n) is 18.5. The van der Waals surface area contributed by atoms with Gasteiger partial charge in [0.25, 0.3) is 0 Å². The first-order chi connectivity index (χ1) is 43.6. The van der Waals surface area contributed by atoms with Gasteiger partial charge in [0.1, 0.15) is 33.5 Å². The highest BCUT2D eigenvalue weighted by Crippen LogP contribution is 2.45. The molecular formula is C80H45N5O3. The van der Waals surface area contributed by atoms with Crippen molar-refractivity contribution in [3.8, 4) is 50.8 Å². The molecule has 0 unspecified atom stereocenters. The number of fused-ring (bicyclic) bond motifs is 22. The summed E-state index contributed by atoms with van der Waals surface area (Å²) in [6.07, 6.45) is 0. The molecule has 0 aliphatic carbocycles. The zero-order valence-electron chi connectivity index (χ0n) is 46.9. The van der Waals surface area contributed by atoms with E-state index in [0.717, 1.165) is 187 Å². The summed E-state index contributed by atoms with van der Waals surface area (Å²) in [5.74, 6) is 0.643. The fourth-order valence-corrected chi connectivity index (χ4v) is 14.5. The topological polar surface area (TPSA) is 80.0 Å². The lowest BCUT2D eigenvalue weighted by Crippen LogP contribution is -1.98. The van der Waals surface area contributed by atoms with E-state index in [1.807, 2.05) is 24.3 Å². The molecule has 8 heteroatoms. The number of benzene rings is 13. The predicted octanol–water partition coefficient (Wildman–Crippen LogP) is 21.6. The summed E-state index contributed by atoms with van der Waals surface area (Å²) in [6.45, 7) is 0. The second-order valence-corrected chi connectivity index (χ2v) is 23.1. The van der Waals surface area contributed by atoms with Gasteiger partial charge in [-0.3, -0.25) is 0 Å². The van der Waals surface area contributed by atoms with E-state index in [1.165, 1.54) is 0 Å². The van der Waals surface area contributed by atoms with Gasteiger partial charge in [-0.1, -0.05) is 140 Å². The monoisotopic (exact) mass is 1120 g/mol. The molecule has 0 aliphatic heterocycles. The highest BCUT2D eigenvalue weighted by atomic mass is 16.3. The number of furan rings is 3. The average Bonchev–Trinajstić information content (AvgIpc) is 1.68. The van der Waals surface area contributed by atoms with Crippen LogP contribution in [0.15, 0.2) is 286 Å². The SMILES string of the molecule is c1ccc2c(c1)oc1c2ccc2c1c1ccccc1n2-c1ccc(-c2ccc3nc(-c4ccc(-n5c6ccccc6c6c7oc8ccccc8c7ccc65)cc4)nc(-c4ccc(-n5c6ccccc6c6c7oc8ccccc8c7ccc65)cc4)c3c2)cc1. The first-order valence-electron chi connectivity index (χ1n) is 29.8. The summed E-state index contributed by atoms with van der Waals surface area (Å²) in [7, 11) is 0. The van der Waals surface area contributed by atoms with Crippen LogP contribution in [-0.2, 0) is 0 Å².